The summed E-state index contributed by atoms with van der Waals surface area (Å²) in [5.41, 5.74) is 2.64. The Hall–Kier alpha value is -1.56. The summed E-state index contributed by atoms with van der Waals surface area (Å²) in [7, 11) is 0. The van der Waals surface area contributed by atoms with Crippen molar-refractivity contribution in [3.05, 3.63) is 123 Å². The monoisotopic (exact) mass is 1460 g/mol. The summed E-state index contributed by atoms with van der Waals surface area (Å²) in [6, 6.07) is 18.5. The van der Waals surface area contributed by atoms with E-state index in [0.717, 1.165) is 86.1 Å². The number of hydrogen-bond donors (Lipinski definition) is 3. The van der Waals surface area contributed by atoms with Gasteiger partial charge in [-0.2, -0.15) is 13.8 Å². The van der Waals surface area contributed by atoms with Crippen LogP contribution < -0.4 is 5.32 Å². The van der Waals surface area contributed by atoms with E-state index in [1.807, 2.05) is 24.3 Å². The zero-order valence-electron chi connectivity index (χ0n) is 42.4. The van der Waals surface area contributed by atoms with Gasteiger partial charge in [0.05, 0.1) is 0 Å². The minimum absolute atomic E-state index is 0. The zero-order chi connectivity index (χ0) is 54.7. The van der Waals surface area contributed by atoms with Crippen LogP contribution in [0.4, 0.5) is 0 Å². The number of nitrogens with one attached hydrogen (secondary N) is 1. The van der Waals surface area contributed by atoms with Gasteiger partial charge in [-0.25, -0.2) is 0 Å². The van der Waals surface area contributed by atoms with E-state index in [4.69, 9.17) is 51.1 Å². The van der Waals surface area contributed by atoms with E-state index >= 15 is 0 Å². The van der Waals surface area contributed by atoms with Crippen LogP contribution in [0.5, 0.6) is 0 Å². The van der Waals surface area contributed by atoms with Crippen LogP contribution in [0.2, 0.25) is 10.0 Å². The molecular weight excluding hydrogens is 1380 g/mol. The van der Waals surface area contributed by atoms with Gasteiger partial charge in [-0.3, -0.25) is 14.5 Å². The number of aliphatic hydroxyl groups excluding tert-OH is 2. The first-order chi connectivity index (χ1) is 34.8. The number of piperidine rings is 2. The average molecular weight is 1460 g/mol. The molecule has 406 valence electrons. The SMILES string of the molecule is O=C(CCCBr)C1CCCC1.O=C(CCCN1C2CCC1C(CO)C(c1ccc(Cl)cc1)C2)C1CCCC1.OCC1C2CCC(CC1c1ccc(Cl)cc1)N2.[C-]#[O+].[C-]#[O+].[C-]#[O+].[C-]#[O+].[C-]#[O+].[C-]#[O+].[CH2-]C.[CH2-]C.[Re].[Re]. The number of rotatable bonds is 13. The number of fused-ring (bicyclic) bond motifs is 4. The van der Waals surface area contributed by atoms with Crippen LogP contribution in [-0.4, -0.2) is 75.9 Å². The average Bonchev–Trinajstić information content (AvgIpc) is 4.31. The van der Waals surface area contributed by atoms with Gasteiger partial charge >= 0.3 is 67.8 Å². The number of hydrogen-bond acceptors (Lipinski definition) is 6. The standard InChI is InChI=1S/C23H32ClNO2.C14H18ClNO.C9H15BrO.2C2H5.6CO.2Re/c24-18-9-7-16(8-10-18)20-14-19-11-12-22(21(20)15-26)25(19)13-3-6-23(27)17-4-1-2-5-17;15-10-3-1-9(2-4-10)12-7-11-5-6-14(16-11)13(12)8-17;10-7-3-6-9(11)8-4-1-2-5-8;8*1-2;;/h7-10,17,19-22,26H,1-6,11-15H2;1-4,11-14,16-17H,5-8H2;8H,1-7H2;2*1H2,2H3;;;;;;;;/q;;;2*-1;;;;;;;;. The fraction of sp³-hybridized carbons (Fsp3) is 0.607. The van der Waals surface area contributed by atoms with Crippen LogP contribution in [0.25, 0.3) is 0 Å². The molecular formula is C56H75BrCl2N2O10Re2-2. The van der Waals surface area contributed by atoms with Crippen molar-refractivity contribution in [1.82, 2.24) is 10.2 Å². The number of carbonyl (C=O) groups is 2. The molecule has 0 amide bonds. The van der Waals surface area contributed by atoms with E-state index in [9.17, 15) is 19.8 Å². The molecule has 12 nitrogen and oxygen atoms in total. The van der Waals surface area contributed by atoms with Gasteiger partial charge in [-0.15, -0.1) is 0 Å². The molecule has 8 unspecified atom stereocenters. The predicted molar refractivity (Wildman–Crippen MR) is 274 cm³/mol. The maximum atomic E-state index is 12.4. The molecule has 73 heavy (non-hydrogen) atoms. The quantitative estimate of drug-likeness (QED) is 0.101. The van der Waals surface area contributed by atoms with Gasteiger partial charge in [0, 0.05) is 130 Å². The van der Waals surface area contributed by atoms with Crippen molar-refractivity contribution < 1.29 is 88.6 Å². The van der Waals surface area contributed by atoms with E-state index in [1.54, 1.807) is 13.8 Å². The Bertz CT molecular complexity index is 1740. The van der Waals surface area contributed by atoms with Gasteiger partial charge < -0.3 is 29.4 Å². The summed E-state index contributed by atoms with van der Waals surface area (Å²) < 4.78 is 45.0. The van der Waals surface area contributed by atoms with Crippen molar-refractivity contribution in [2.45, 2.75) is 165 Å². The zero-order valence-corrected chi connectivity index (χ0v) is 50.9. The van der Waals surface area contributed by atoms with E-state index in [2.05, 4.69) is 104 Å². The maximum absolute atomic E-state index is 12.4. The molecule has 8 atom stereocenters. The number of aliphatic hydroxyl groups is 2. The third kappa shape index (κ3) is 28.1. The number of halogens is 3. The third-order valence-electron chi connectivity index (χ3n) is 14.1. The Labute approximate surface area is 483 Å². The van der Waals surface area contributed by atoms with Crippen LogP contribution in [0.3, 0.4) is 0 Å². The minimum atomic E-state index is 0. The molecule has 2 aromatic carbocycles. The molecule has 6 fully saturated rings. The summed E-state index contributed by atoms with van der Waals surface area (Å²) in [5.74, 6) is 3.32. The minimum Gasteiger partial charge on any atom is -0.346 e. The normalized spacial score (nSPS) is 23.2. The molecule has 4 heterocycles. The second-order valence-electron chi connectivity index (χ2n) is 17.4. The van der Waals surface area contributed by atoms with E-state index in [0.29, 0.717) is 65.3 Å². The van der Waals surface area contributed by atoms with Gasteiger partial charge in [0.2, 0.25) is 0 Å². The topological polar surface area (TPSA) is 209 Å². The largest absolute Gasteiger partial charge is 0.346 e. The van der Waals surface area contributed by atoms with Crippen molar-refractivity contribution in [1.29, 1.82) is 0 Å². The molecule has 0 aromatic heterocycles. The van der Waals surface area contributed by atoms with Crippen molar-refractivity contribution in [3.63, 3.8) is 0 Å². The van der Waals surface area contributed by atoms with E-state index < -0.39 is 0 Å². The fourth-order valence-corrected chi connectivity index (χ4v) is 11.7. The smallest absolute Gasteiger partial charge is 0 e. The second kappa shape index (κ2) is 52.5. The van der Waals surface area contributed by atoms with Crippen LogP contribution >= 0.6 is 39.1 Å². The van der Waals surface area contributed by atoms with Crippen molar-refractivity contribution in [3.8, 4) is 0 Å². The Morgan fingerprint density at radius 3 is 1.40 bits per heavy atom. The summed E-state index contributed by atoms with van der Waals surface area (Å²) in [6.45, 7) is 38.5. The molecule has 8 rings (SSSR count). The molecule has 2 aliphatic carbocycles. The molecule has 3 N–H and O–H groups in total. The van der Waals surface area contributed by atoms with Gasteiger partial charge in [0.25, 0.3) is 0 Å². The predicted octanol–water partition coefficient (Wildman–Crippen LogP) is 11.7. The van der Waals surface area contributed by atoms with Crippen molar-refractivity contribution in [2.75, 3.05) is 25.1 Å². The number of nitrogens with zero attached hydrogens (tertiary/aromatic N) is 1. The molecule has 2 aromatic rings. The number of benzene rings is 2. The molecule has 17 heteroatoms. The summed E-state index contributed by atoms with van der Waals surface area (Å²) in [4.78, 5) is 26.4. The van der Waals surface area contributed by atoms with Crippen molar-refractivity contribution in [2.24, 2.45) is 23.7 Å². The van der Waals surface area contributed by atoms with Crippen LogP contribution in [0, 0.1) is 77.4 Å². The number of Topliss-reactive ketones (excluding diaryl/α,β-unsaturated/α-hetero) is 2. The number of carbonyl (C=O) groups excluding carboxylic acids is 2. The van der Waals surface area contributed by atoms with Gasteiger partial charge in [-0.1, -0.05) is 89.1 Å². The third-order valence-corrected chi connectivity index (χ3v) is 15.2. The Kier molecular flexibility index (Phi) is 57.8. The molecule has 4 bridgehead atoms. The molecule has 0 spiro atoms. The Morgan fingerprint density at radius 2 is 1.00 bits per heavy atom. The first-order valence-electron chi connectivity index (χ1n) is 24.3. The summed E-state index contributed by atoms with van der Waals surface area (Å²) >= 11 is 15.3. The van der Waals surface area contributed by atoms with Gasteiger partial charge in [0.15, 0.2) is 0 Å². The number of ketones is 2. The fourth-order valence-electron chi connectivity index (χ4n) is 11.2. The van der Waals surface area contributed by atoms with E-state index in [1.165, 1.54) is 62.5 Å². The first kappa shape index (κ1) is 80.3. The summed E-state index contributed by atoms with van der Waals surface area (Å²) in [5, 5.41) is 25.9. The van der Waals surface area contributed by atoms with Crippen LogP contribution in [-0.2, 0) is 78.3 Å². The second-order valence-corrected chi connectivity index (χ2v) is 19.0. The maximum Gasteiger partial charge on any atom is 0 e. The molecule has 2 radical (unpaired) electrons. The van der Waals surface area contributed by atoms with E-state index in [-0.39, 0.29) is 60.0 Å². The first-order valence-corrected chi connectivity index (χ1v) is 26.2. The van der Waals surface area contributed by atoms with Gasteiger partial charge in [-0.05, 0) is 131 Å². The van der Waals surface area contributed by atoms with Gasteiger partial charge in [0.1, 0.15) is 11.6 Å². The Balaban J connectivity index is -0.000000290. The van der Waals surface area contributed by atoms with Crippen LogP contribution in [0.1, 0.15) is 152 Å². The molecule has 4 aliphatic heterocycles. The molecule has 2 saturated carbocycles. The Morgan fingerprint density at radius 1 is 0.603 bits per heavy atom. The van der Waals surface area contributed by atoms with Crippen molar-refractivity contribution >= 4 is 50.7 Å². The van der Waals surface area contributed by atoms with Crippen LogP contribution in [0.15, 0.2) is 48.5 Å². The molecule has 6 aliphatic rings. The molecule has 4 saturated heterocycles. The summed E-state index contributed by atoms with van der Waals surface area (Å²) in [6.07, 6.45) is 20.2. The number of alkyl halides is 1.